The predicted octanol–water partition coefficient (Wildman–Crippen LogP) is 5.40. The van der Waals surface area contributed by atoms with E-state index in [4.69, 9.17) is 0 Å². The van der Waals surface area contributed by atoms with Gasteiger partial charge in [-0.15, -0.1) is 0 Å². The Labute approximate surface area is 393 Å². The number of hydrogen-bond donors (Lipinski definition) is 4. The highest BCUT2D eigenvalue weighted by atomic mass is 19.1. The Morgan fingerprint density at radius 3 is 1.13 bits per heavy atom. The maximum atomic E-state index is 14.1. The van der Waals surface area contributed by atoms with Crippen molar-refractivity contribution < 1.29 is 37.5 Å². The SMILES string of the molecule is O=C(NC1C[C@@H]1c1ccccc1)C1CN(C(=O)c2ccc(C(=O)N3CC(C(=O)NCCc4ccc(F)cc4)[C@H](C(=O)NCCc4ccc(F)cc4)C3)cc2)CC1C(=O)NC1C[C@@H]1c1ccccc1. The third kappa shape index (κ3) is 10.8. The van der Waals surface area contributed by atoms with Crippen LogP contribution in [-0.4, -0.2) is 96.6 Å². The summed E-state index contributed by atoms with van der Waals surface area (Å²) in [4.78, 5) is 86.4. The second-order valence-electron chi connectivity index (χ2n) is 18.5. The average molecular weight is 921 g/mol. The van der Waals surface area contributed by atoms with Gasteiger partial charge in [-0.3, -0.25) is 28.8 Å². The third-order valence-electron chi connectivity index (χ3n) is 13.9. The summed E-state index contributed by atoms with van der Waals surface area (Å²) in [5.41, 5.74) is 4.46. The molecule has 5 unspecified atom stereocenters. The number of carbonyl (C=O) groups is 6. The summed E-state index contributed by atoms with van der Waals surface area (Å²) in [5.74, 6) is -5.71. The molecule has 0 spiro atoms. The first-order chi connectivity index (χ1) is 33.0. The Balaban J connectivity index is 0.849. The summed E-state index contributed by atoms with van der Waals surface area (Å²) >= 11 is 0. The van der Waals surface area contributed by atoms with Gasteiger partial charge in [0.2, 0.25) is 23.6 Å². The molecule has 68 heavy (non-hydrogen) atoms. The van der Waals surface area contributed by atoms with Crippen molar-refractivity contribution >= 4 is 35.4 Å². The van der Waals surface area contributed by atoms with Crippen LogP contribution in [0.5, 0.6) is 0 Å². The zero-order valence-electron chi connectivity index (χ0n) is 37.5. The number of amides is 6. The highest BCUT2D eigenvalue weighted by Gasteiger charge is 2.49. The van der Waals surface area contributed by atoms with E-state index in [1.165, 1.54) is 58.3 Å². The van der Waals surface area contributed by atoms with E-state index >= 15 is 0 Å². The van der Waals surface area contributed by atoms with Gasteiger partial charge in [-0.25, -0.2) is 8.78 Å². The zero-order valence-corrected chi connectivity index (χ0v) is 37.5. The molecule has 0 bridgehead atoms. The first-order valence-corrected chi connectivity index (χ1v) is 23.4. The van der Waals surface area contributed by atoms with Gasteiger partial charge in [-0.05, 0) is 96.5 Å². The van der Waals surface area contributed by atoms with Crippen LogP contribution in [0.3, 0.4) is 0 Å². The molecule has 0 radical (unpaired) electrons. The van der Waals surface area contributed by atoms with Gasteiger partial charge in [0, 0.05) is 74.3 Å². The van der Waals surface area contributed by atoms with Crippen LogP contribution in [0, 0.1) is 35.3 Å². The first kappa shape index (κ1) is 45.9. The van der Waals surface area contributed by atoms with Crippen LogP contribution in [0.15, 0.2) is 133 Å². The van der Waals surface area contributed by atoms with Gasteiger partial charge in [0.1, 0.15) is 11.6 Å². The molecule has 6 amide bonds. The number of nitrogens with one attached hydrogen (secondary N) is 4. The summed E-state index contributed by atoms with van der Waals surface area (Å²) in [7, 11) is 0. The second kappa shape index (κ2) is 20.3. The summed E-state index contributed by atoms with van der Waals surface area (Å²) in [6.07, 6.45) is 2.46. The Kier molecular flexibility index (Phi) is 13.7. The van der Waals surface area contributed by atoms with E-state index in [0.717, 1.165) is 35.1 Å². The van der Waals surface area contributed by atoms with E-state index in [9.17, 15) is 37.5 Å². The van der Waals surface area contributed by atoms with Gasteiger partial charge in [-0.2, -0.15) is 0 Å². The summed E-state index contributed by atoms with van der Waals surface area (Å²) in [6.45, 7) is 0.515. The Bertz CT molecular complexity index is 2490. The lowest BCUT2D eigenvalue weighted by Crippen LogP contribution is -2.43. The summed E-state index contributed by atoms with van der Waals surface area (Å²) in [5, 5.41) is 12.1. The lowest BCUT2D eigenvalue weighted by Gasteiger charge is -2.18. The number of hydrogen-bond acceptors (Lipinski definition) is 6. The number of benzene rings is 5. The van der Waals surface area contributed by atoms with Gasteiger partial charge in [0.05, 0.1) is 23.7 Å². The maximum absolute atomic E-state index is 14.1. The van der Waals surface area contributed by atoms with Gasteiger partial charge in [0.25, 0.3) is 11.8 Å². The molecule has 5 aromatic rings. The summed E-state index contributed by atoms with van der Waals surface area (Å²) < 4.78 is 26.9. The van der Waals surface area contributed by atoms with Crippen molar-refractivity contribution in [1.29, 1.82) is 0 Å². The molecule has 2 saturated carbocycles. The van der Waals surface area contributed by atoms with Crippen molar-refractivity contribution in [3.63, 3.8) is 0 Å². The second-order valence-corrected chi connectivity index (χ2v) is 18.5. The normalized spacial score (nSPS) is 23.6. The van der Waals surface area contributed by atoms with Crippen molar-refractivity contribution in [3.05, 3.63) is 178 Å². The number of halogens is 2. The average Bonchev–Trinajstić information content (AvgIpc) is 4.20. The molecule has 14 heteroatoms. The molecule has 9 rings (SSSR count). The molecule has 350 valence electrons. The number of nitrogens with zero attached hydrogens (tertiary/aromatic N) is 2. The third-order valence-corrected chi connectivity index (χ3v) is 13.9. The van der Waals surface area contributed by atoms with Gasteiger partial charge in [-0.1, -0.05) is 84.9 Å². The van der Waals surface area contributed by atoms with E-state index in [0.29, 0.717) is 12.8 Å². The molecule has 5 aromatic carbocycles. The monoisotopic (exact) mass is 920 g/mol. The van der Waals surface area contributed by atoms with E-state index in [2.05, 4.69) is 21.3 Å². The molecule has 12 nitrogen and oxygen atoms in total. The van der Waals surface area contributed by atoms with Crippen LogP contribution in [-0.2, 0) is 32.0 Å². The topological polar surface area (TPSA) is 157 Å². The van der Waals surface area contributed by atoms with Crippen molar-refractivity contribution in [3.8, 4) is 0 Å². The minimum Gasteiger partial charge on any atom is -0.355 e. The van der Waals surface area contributed by atoms with Crippen LogP contribution < -0.4 is 21.3 Å². The van der Waals surface area contributed by atoms with Crippen molar-refractivity contribution in [2.75, 3.05) is 39.3 Å². The predicted molar refractivity (Wildman–Crippen MR) is 250 cm³/mol. The lowest BCUT2D eigenvalue weighted by atomic mass is 9.94. The van der Waals surface area contributed by atoms with Crippen LogP contribution in [0.2, 0.25) is 0 Å². The minimum atomic E-state index is -0.863. The molecule has 2 heterocycles. The fraction of sp³-hybridized carbons (Fsp3) is 0.333. The fourth-order valence-corrected chi connectivity index (χ4v) is 9.77. The van der Waals surface area contributed by atoms with E-state index in [1.54, 1.807) is 24.3 Å². The molecule has 2 aliphatic carbocycles. The molecule has 4 fully saturated rings. The molecule has 0 aromatic heterocycles. The molecule has 4 aliphatic rings. The van der Waals surface area contributed by atoms with Crippen LogP contribution in [0.25, 0.3) is 0 Å². The minimum absolute atomic E-state index is 0.0292. The van der Waals surface area contributed by atoms with Crippen molar-refractivity contribution in [1.82, 2.24) is 31.1 Å². The van der Waals surface area contributed by atoms with Gasteiger partial charge in [0.15, 0.2) is 0 Å². The zero-order chi connectivity index (χ0) is 47.3. The molecule has 8 atom stereocenters. The highest BCUT2D eigenvalue weighted by Crippen LogP contribution is 2.43. The van der Waals surface area contributed by atoms with Crippen molar-refractivity contribution in [2.24, 2.45) is 23.7 Å². The molecular formula is C54H54F2N6O6. The number of rotatable bonds is 16. The van der Waals surface area contributed by atoms with Crippen LogP contribution in [0.1, 0.15) is 67.6 Å². The van der Waals surface area contributed by atoms with Gasteiger partial charge < -0.3 is 31.1 Å². The van der Waals surface area contributed by atoms with E-state index in [1.807, 2.05) is 60.7 Å². The molecular weight excluding hydrogens is 867 g/mol. The van der Waals surface area contributed by atoms with Crippen molar-refractivity contribution in [2.45, 2.75) is 49.6 Å². The van der Waals surface area contributed by atoms with Crippen LogP contribution >= 0.6 is 0 Å². The quantitative estimate of drug-likeness (QED) is 0.104. The number of likely N-dealkylation sites (tertiary alicyclic amines) is 2. The van der Waals surface area contributed by atoms with Crippen LogP contribution in [0.4, 0.5) is 8.78 Å². The Morgan fingerprint density at radius 2 is 0.779 bits per heavy atom. The smallest absolute Gasteiger partial charge is 0.253 e. The Morgan fingerprint density at radius 1 is 0.441 bits per heavy atom. The fourth-order valence-electron chi connectivity index (χ4n) is 9.77. The first-order valence-electron chi connectivity index (χ1n) is 23.4. The standard InChI is InChI=1S/C54H54F2N6O6/c55-39-19-11-33(12-20-39)23-25-57-49(63)43-29-61(30-44(43)50(64)58-26-24-34-13-21-40(56)22-14-34)53(67)37-15-17-38(18-16-37)54(68)62-31-45(51(65)59-47-27-41(47)35-7-3-1-4-8-35)46(32-62)52(66)60-48-28-42(48)36-9-5-2-6-10-36/h1-22,41-48H,23-32H2,(H,57,63)(H,58,64)(H,59,65)(H,60,66)/t41-,42-,43-,44?,45?,46?,47?,48?/m1/s1. The molecule has 4 N–H and O–H groups in total. The van der Waals surface area contributed by atoms with Gasteiger partial charge >= 0.3 is 0 Å². The Hall–Kier alpha value is -7.22. The maximum Gasteiger partial charge on any atom is 0.253 e. The summed E-state index contributed by atoms with van der Waals surface area (Å²) in [6, 6.07) is 37.9. The van der Waals surface area contributed by atoms with E-state index in [-0.39, 0.29) is 104 Å². The van der Waals surface area contributed by atoms with E-state index < -0.39 is 41.4 Å². The highest BCUT2D eigenvalue weighted by molar-refractivity contribution is 6.00. The molecule has 2 saturated heterocycles. The number of carbonyl (C=O) groups excluding carboxylic acids is 6. The largest absolute Gasteiger partial charge is 0.355 e. The molecule has 2 aliphatic heterocycles. The lowest BCUT2D eigenvalue weighted by molar-refractivity contribution is -0.133.